The standard InChI is InChI=1S/C33H39F3O4/c1-23-8-7-11-31(39-22-26-12-18-30(19-13-26)40-33(34,35)36)21-29(20-23)25(3)10-6-4-5-9-24(2)27-14-16-28(17-15-27)32(37)38/h11-21,24-25H,4-10,22H2,1-3H3,(H,37,38)/b23-20-,29-21+,31-11+. The van der Waals surface area contributed by atoms with Crippen LogP contribution in [0.2, 0.25) is 0 Å². The minimum atomic E-state index is -4.71. The Balaban J connectivity index is 1.48. The van der Waals surface area contributed by atoms with Gasteiger partial charge in [0.1, 0.15) is 18.1 Å². The molecule has 4 nitrogen and oxygen atoms in total. The number of ether oxygens (including phenoxy) is 2. The Hall–Kier alpha value is -3.48. The van der Waals surface area contributed by atoms with Gasteiger partial charge in [0.25, 0.3) is 0 Å². The fourth-order valence-electron chi connectivity index (χ4n) is 4.77. The molecule has 1 aliphatic rings. The van der Waals surface area contributed by atoms with E-state index >= 15 is 0 Å². The predicted molar refractivity (Wildman–Crippen MR) is 151 cm³/mol. The fourth-order valence-corrected chi connectivity index (χ4v) is 4.77. The second kappa shape index (κ2) is 14.8. The highest BCUT2D eigenvalue weighted by molar-refractivity contribution is 5.87. The summed E-state index contributed by atoms with van der Waals surface area (Å²) < 4.78 is 47.2. The maximum atomic E-state index is 12.4. The Morgan fingerprint density at radius 2 is 1.57 bits per heavy atom. The maximum Gasteiger partial charge on any atom is 0.573 e. The molecule has 7 heteroatoms. The quantitative estimate of drug-likeness (QED) is 0.250. The van der Waals surface area contributed by atoms with Crippen molar-refractivity contribution >= 4 is 5.97 Å². The van der Waals surface area contributed by atoms with Crippen LogP contribution in [0.15, 0.2) is 83.7 Å². The van der Waals surface area contributed by atoms with Crippen molar-refractivity contribution in [2.45, 2.75) is 84.6 Å². The summed E-state index contributed by atoms with van der Waals surface area (Å²) in [5, 5.41) is 9.07. The minimum Gasteiger partial charge on any atom is -0.489 e. The molecular formula is C33H39F3O4. The fraction of sp³-hybridized carbons (Fsp3) is 0.424. The predicted octanol–water partition coefficient (Wildman–Crippen LogP) is 9.74. The van der Waals surface area contributed by atoms with Crippen LogP contribution in [0.1, 0.15) is 93.1 Å². The maximum absolute atomic E-state index is 12.4. The number of halogens is 3. The molecular weight excluding hydrogens is 517 g/mol. The summed E-state index contributed by atoms with van der Waals surface area (Å²) in [6, 6.07) is 12.9. The van der Waals surface area contributed by atoms with Gasteiger partial charge in [-0.25, -0.2) is 4.79 Å². The van der Waals surface area contributed by atoms with Crippen LogP contribution in [0.3, 0.4) is 0 Å². The number of alkyl halides is 3. The Labute approximate surface area is 235 Å². The molecule has 0 spiro atoms. The third-order valence-corrected chi connectivity index (χ3v) is 7.24. The smallest absolute Gasteiger partial charge is 0.489 e. The number of hydrogen-bond acceptors (Lipinski definition) is 3. The van der Waals surface area contributed by atoms with Gasteiger partial charge >= 0.3 is 12.3 Å². The number of rotatable bonds is 13. The number of carbonyl (C=O) groups is 1. The van der Waals surface area contributed by atoms with Gasteiger partial charge in [-0.05, 0) is 97.6 Å². The number of carboxylic acids is 1. The van der Waals surface area contributed by atoms with E-state index < -0.39 is 12.3 Å². The average Bonchev–Trinajstić information content (AvgIpc) is 2.89. The van der Waals surface area contributed by atoms with Gasteiger partial charge in [0.15, 0.2) is 0 Å². The lowest BCUT2D eigenvalue weighted by Gasteiger charge is -2.18. The molecule has 0 bridgehead atoms. The van der Waals surface area contributed by atoms with E-state index in [0.29, 0.717) is 17.4 Å². The van der Waals surface area contributed by atoms with Gasteiger partial charge in [0, 0.05) is 0 Å². The zero-order chi connectivity index (χ0) is 29.1. The third-order valence-electron chi connectivity index (χ3n) is 7.24. The number of unbranched alkanes of at least 4 members (excludes halogenated alkanes) is 2. The molecule has 1 N–H and O–H groups in total. The first kappa shape index (κ1) is 31.1. The summed E-state index contributed by atoms with van der Waals surface area (Å²) in [6.45, 7) is 6.83. The van der Waals surface area contributed by atoms with E-state index in [1.54, 1.807) is 24.3 Å². The molecule has 0 aliphatic heterocycles. The summed E-state index contributed by atoms with van der Waals surface area (Å²) in [6.07, 6.45) is 9.02. The van der Waals surface area contributed by atoms with E-state index in [0.717, 1.165) is 56.3 Å². The van der Waals surface area contributed by atoms with Crippen molar-refractivity contribution in [3.05, 3.63) is 100 Å². The molecule has 0 amide bonds. The first-order valence-corrected chi connectivity index (χ1v) is 13.9. The highest BCUT2D eigenvalue weighted by atomic mass is 19.4. The van der Waals surface area contributed by atoms with Crippen molar-refractivity contribution < 1.29 is 32.5 Å². The minimum absolute atomic E-state index is 0.248. The summed E-state index contributed by atoms with van der Waals surface area (Å²) >= 11 is 0. The topological polar surface area (TPSA) is 55.8 Å². The number of benzene rings is 2. The Kier molecular flexibility index (Phi) is 11.5. The molecule has 0 fully saturated rings. The molecule has 0 saturated carbocycles. The average molecular weight is 557 g/mol. The number of aromatic carboxylic acids is 1. The molecule has 0 radical (unpaired) electrons. The lowest BCUT2D eigenvalue weighted by Crippen LogP contribution is -2.17. The van der Waals surface area contributed by atoms with Gasteiger partial charge in [0.05, 0.1) is 5.56 Å². The van der Waals surface area contributed by atoms with Gasteiger partial charge in [-0.3, -0.25) is 0 Å². The van der Waals surface area contributed by atoms with Crippen molar-refractivity contribution in [1.29, 1.82) is 0 Å². The van der Waals surface area contributed by atoms with Crippen molar-refractivity contribution in [3.63, 3.8) is 0 Å². The van der Waals surface area contributed by atoms with Gasteiger partial charge in [-0.2, -0.15) is 0 Å². The van der Waals surface area contributed by atoms with Gasteiger partial charge in [0.2, 0.25) is 0 Å². The second-order valence-corrected chi connectivity index (χ2v) is 10.6. The Morgan fingerprint density at radius 3 is 2.20 bits per heavy atom. The van der Waals surface area contributed by atoms with E-state index in [1.807, 2.05) is 12.1 Å². The largest absolute Gasteiger partial charge is 0.573 e. The van der Waals surface area contributed by atoms with Gasteiger partial charge < -0.3 is 14.6 Å². The molecule has 1 aliphatic carbocycles. The zero-order valence-corrected chi connectivity index (χ0v) is 23.5. The highest BCUT2D eigenvalue weighted by Crippen LogP contribution is 2.28. The van der Waals surface area contributed by atoms with Crippen LogP contribution >= 0.6 is 0 Å². The summed E-state index contributed by atoms with van der Waals surface area (Å²) in [7, 11) is 0. The molecule has 2 unspecified atom stereocenters. The van der Waals surface area contributed by atoms with Crippen molar-refractivity contribution in [2.24, 2.45) is 5.92 Å². The normalized spacial score (nSPS) is 19.5. The SMILES string of the molecule is C/C1=C/C(C(C)CCCCCC(C)c2ccc(C(=O)O)cc2)=C\C(OCc2ccc(OC(F)(F)F)cc2)=C/CC1. The van der Waals surface area contributed by atoms with E-state index in [2.05, 4.69) is 43.7 Å². The van der Waals surface area contributed by atoms with Crippen molar-refractivity contribution in [3.8, 4) is 5.75 Å². The molecule has 40 heavy (non-hydrogen) atoms. The van der Waals surface area contributed by atoms with E-state index in [-0.39, 0.29) is 12.4 Å². The molecule has 2 atom stereocenters. The summed E-state index contributed by atoms with van der Waals surface area (Å²) in [5.41, 5.74) is 4.80. The third kappa shape index (κ3) is 10.6. The van der Waals surface area contributed by atoms with Crippen LogP contribution in [0.25, 0.3) is 0 Å². The molecule has 216 valence electrons. The molecule has 0 heterocycles. The number of allylic oxidation sites excluding steroid dienone is 5. The molecule has 2 aromatic carbocycles. The Morgan fingerprint density at radius 1 is 0.925 bits per heavy atom. The monoisotopic (exact) mass is 556 g/mol. The first-order chi connectivity index (χ1) is 19.0. The zero-order valence-electron chi connectivity index (χ0n) is 23.5. The van der Waals surface area contributed by atoms with Crippen LogP contribution in [0.5, 0.6) is 5.75 Å². The summed E-state index contributed by atoms with van der Waals surface area (Å²) in [4.78, 5) is 11.1. The first-order valence-electron chi connectivity index (χ1n) is 13.9. The van der Waals surface area contributed by atoms with Crippen LogP contribution in [0, 0.1) is 5.92 Å². The van der Waals surface area contributed by atoms with Crippen LogP contribution in [-0.4, -0.2) is 17.4 Å². The molecule has 3 rings (SSSR count). The number of hydrogen-bond donors (Lipinski definition) is 1. The lowest BCUT2D eigenvalue weighted by atomic mass is 9.90. The van der Waals surface area contributed by atoms with E-state index in [4.69, 9.17) is 9.84 Å². The number of carboxylic acid groups (broad SMARTS) is 1. The Bertz CT molecular complexity index is 1190. The van der Waals surface area contributed by atoms with Crippen molar-refractivity contribution in [2.75, 3.05) is 0 Å². The van der Waals surface area contributed by atoms with Crippen molar-refractivity contribution in [1.82, 2.24) is 0 Å². The molecule has 0 saturated heterocycles. The lowest BCUT2D eigenvalue weighted by molar-refractivity contribution is -0.274. The highest BCUT2D eigenvalue weighted by Gasteiger charge is 2.31. The van der Waals surface area contributed by atoms with Gasteiger partial charge in [-0.15, -0.1) is 13.2 Å². The molecule has 2 aromatic rings. The second-order valence-electron chi connectivity index (χ2n) is 10.6. The van der Waals surface area contributed by atoms with Gasteiger partial charge in [-0.1, -0.05) is 69.0 Å². The van der Waals surface area contributed by atoms with Crippen LogP contribution in [-0.2, 0) is 11.3 Å². The van der Waals surface area contributed by atoms with E-state index in [9.17, 15) is 18.0 Å². The summed E-state index contributed by atoms with van der Waals surface area (Å²) in [5.74, 6) is 0.378. The van der Waals surface area contributed by atoms with E-state index in [1.165, 1.54) is 28.8 Å². The molecule has 0 aromatic heterocycles. The van der Waals surface area contributed by atoms with Crippen LogP contribution < -0.4 is 4.74 Å². The van der Waals surface area contributed by atoms with Crippen LogP contribution in [0.4, 0.5) is 13.2 Å².